The molecule has 172 valence electrons. The molecule has 2 aromatic carbocycles. The highest BCUT2D eigenvalue weighted by atomic mass is 16.5. The van der Waals surface area contributed by atoms with Crippen LogP contribution >= 0.6 is 0 Å². The largest absolute Gasteiger partial charge is 0.507 e. The van der Waals surface area contributed by atoms with E-state index < -0.39 is 17.7 Å². The predicted molar refractivity (Wildman–Crippen MR) is 125 cm³/mol. The van der Waals surface area contributed by atoms with Crippen LogP contribution < -0.4 is 9.47 Å². The summed E-state index contributed by atoms with van der Waals surface area (Å²) in [7, 11) is 1.55. The fraction of sp³-hybridized carbons (Fsp3) is 0.222. The van der Waals surface area contributed by atoms with Crippen molar-refractivity contribution >= 4 is 17.4 Å². The summed E-state index contributed by atoms with van der Waals surface area (Å²) in [6, 6.07) is 17.2. The number of rotatable bonds is 5. The molecule has 1 aromatic heterocycles. The number of carbonyl (C=O) groups excluding carboxylic acids is 2. The van der Waals surface area contributed by atoms with Gasteiger partial charge < -0.3 is 19.5 Å². The van der Waals surface area contributed by atoms with Crippen LogP contribution in [0.25, 0.3) is 5.76 Å². The van der Waals surface area contributed by atoms with Gasteiger partial charge in [-0.1, -0.05) is 18.2 Å². The van der Waals surface area contributed by atoms with Crippen LogP contribution in [0.4, 0.5) is 0 Å². The number of pyridine rings is 1. The lowest BCUT2D eigenvalue weighted by atomic mass is 9.94. The summed E-state index contributed by atoms with van der Waals surface area (Å²) in [6.07, 6.45) is 3.35. The van der Waals surface area contributed by atoms with Gasteiger partial charge in [-0.25, -0.2) is 0 Å². The molecule has 2 aliphatic rings. The second-order valence-electron chi connectivity index (χ2n) is 8.30. The van der Waals surface area contributed by atoms with Gasteiger partial charge in [-0.15, -0.1) is 0 Å². The number of aliphatic hydroxyl groups excluding tert-OH is 1. The summed E-state index contributed by atoms with van der Waals surface area (Å²) in [5.41, 5.74) is 2.80. The second-order valence-corrected chi connectivity index (χ2v) is 8.30. The number of likely N-dealkylation sites (tertiary alicyclic amines) is 1. The monoisotopic (exact) mass is 456 g/mol. The number of hydrogen-bond donors (Lipinski definition) is 1. The zero-order chi connectivity index (χ0) is 23.7. The van der Waals surface area contributed by atoms with E-state index in [4.69, 9.17) is 9.47 Å². The van der Waals surface area contributed by atoms with Crippen molar-refractivity contribution < 1.29 is 24.2 Å². The quantitative estimate of drug-likeness (QED) is 0.354. The Morgan fingerprint density at radius 1 is 1.15 bits per heavy atom. The number of methoxy groups -OCH3 is 1. The molecule has 0 radical (unpaired) electrons. The van der Waals surface area contributed by atoms with Crippen LogP contribution in [-0.2, 0) is 22.6 Å². The number of Topliss-reactive ketones (excluding diaryl/α,β-unsaturated/α-hetero) is 1. The fourth-order valence-electron chi connectivity index (χ4n) is 4.53. The van der Waals surface area contributed by atoms with Crippen LogP contribution in [0, 0.1) is 0 Å². The van der Waals surface area contributed by atoms with E-state index in [1.807, 2.05) is 18.2 Å². The molecule has 7 heteroatoms. The lowest BCUT2D eigenvalue weighted by Crippen LogP contribution is -2.29. The number of ketones is 1. The molecule has 1 amide bonds. The molecule has 3 aromatic rings. The lowest BCUT2D eigenvalue weighted by Gasteiger charge is -2.25. The molecule has 1 saturated heterocycles. The first-order valence-corrected chi connectivity index (χ1v) is 11.1. The first-order valence-electron chi connectivity index (χ1n) is 11.1. The van der Waals surface area contributed by atoms with Crippen molar-refractivity contribution in [3.05, 3.63) is 94.8 Å². The number of aromatic nitrogens is 1. The third-order valence-electron chi connectivity index (χ3n) is 6.19. The molecule has 1 atom stereocenters. The summed E-state index contributed by atoms with van der Waals surface area (Å²) < 4.78 is 11.0. The highest BCUT2D eigenvalue weighted by molar-refractivity contribution is 6.46. The Kier molecular flexibility index (Phi) is 5.76. The van der Waals surface area contributed by atoms with Crippen molar-refractivity contribution in [1.29, 1.82) is 0 Å². The summed E-state index contributed by atoms with van der Waals surface area (Å²) in [4.78, 5) is 32.2. The average Bonchev–Trinajstić information content (AvgIpc) is 3.13. The van der Waals surface area contributed by atoms with Gasteiger partial charge in [0, 0.05) is 11.8 Å². The Bertz CT molecular complexity index is 1290. The van der Waals surface area contributed by atoms with E-state index >= 15 is 0 Å². The average molecular weight is 456 g/mol. The Hall–Kier alpha value is -4.13. The molecule has 1 unspecified atom stereocenters. The maximum absolute atomic E-state index is 13.3. The van der Waals surface area contributed by atoms with E-state index in [0.29, 0.717) is 29.2 Å². The molecule has 0 spiro atoms. The van der Waals surface area contributed by atoms with Crippen LogP contribution in [0.15, 0.2) is 72.4 Å². The number of benzene rings is 2. The van der Waals surface area contributed by atoms with Crippen molar-refractivity contribution in [3.8, 4) is 11.5 Å². The lowest BCUT2D eigenvalue weighted by molar-refractivity contribution is -0.140. The van der Waals surface area contributed by atoms with Crippen LogP contribution in [0.2, 0.25) is 0 Å². The van der Waals surface area contributed by atoms with Crippen LogP contribution in [0.5, 0.6) is 11.5 Å². The van der Waals surface area contributed by atoms with Crippen molar-refractivity contribution in [2.45, 2.75) is 25.4 Å². The van der Waals surface area contributed by atoms with Crippen LogP contribution in [0.1, 0.15) is 34.8 Å². The normalized spacial score (nSPS) is 19.0. The van der Waals surface area contributed by atoms with Gasteiger partial charge in [-0.3, -0.25) is 14.6 Å². The summed E-state index contributed by atoms with van der Waals surface area (Å²) in [6.45, 7) is 0.787. The number of carbonyl (C=O) groups is 2. The van der Waals surface area contributed by atoms with Crippen molar-refractivity contribution in [2.75, 3.05) is 13.7 Å². The molecule has 7 nitrogen and oxygen atoms in total. The molecule has 0 bridgehead atoms. The predicted octanol–water partition coefficient (Wildman–Crippen LogP) is 4.04. The number of nitrogens with zero attached hydrogens (tertiary/aromatic N) is 2. The molecular weight excluding hydrogens is 432 g/mol. The van der Waals surface area contributed by atoms with E-state index in [0.717, 1.165) is 24.2 Å². The molecular formula is C27H24N2O5. The number of amides is 1. The van der Waals surface area contributed by atoms with E-state index in [1.54, 1.807) is 55.8 Å². The highest BCUT2D eigenvalue weighted by Gasteiger charge is 2.46. The topological polar surface area (TPSA) is 89.0 Å². The number of hydrogen-bond acceptors (Lipinski definition) is 6. The number of fused-ring (bicyclic) bond motifs is 1. The highest BCUT2D eigenvalue weighted by Crippen LogP contribution is 2.41. The minimum absolute atomic E-state index is 0.0471. The first kappa shape index (κ1) is 21.7. The Morgan fingerprint density at radius 3 is 2.82 bits per heavy atom. The smallest absolute Gasteiger partial charge is 0.296 e. The van der Waals surface area contributed by atoms with Crippen LogP contribution in [0.3, 0.4) is 0 Å². The molecule has 5 rings (SSSR count). The molecule has 1 fully saturated rings. The molecule has 0 aliphatic carbocycles. The van der Waals surface area contributed by atoms with E-state index in [-0.39, 0.29) is 17.9 Å². The van der Waals surface area contributed by atoms with Gasteiger partial charge in [0.25, 0.3) is 11.7 Å². The Morgan fingerprint density at radius 2 is 2.03 bits per heavy atom. The van der Waals surface area contributed by atoms with E-state index in [9.17, 15) is 14.7 Å². The second kappa shape index (κ2) is 9.02. The number of aryl methyl sites for hydroxylation is 1. The van der Waals surface area contributed by atoms with Gasteiger partial charge >= 0.3 is 0 Å². The molecule has 2 aliphatic heterocycles. The fourth-order valence-corrected chi connectivity index (χ4v) is 4.53. The third kappa shape index (κ3) is 3.90. The van der Waals surface area contributed by atoms with Gasteiger partial charge in [0.05, 0.1) is 37.6 Å². The van der Waals surface area contributed by atoms with Crippen molar-refractivity contribution in [1.82, 2.24) is 9.88 Å². The van der Waals surface area contributed by atoms with Crippen molar-refractivity contribution in [3.63, 3.8) is 0 Å². The number of aliphatic hydroxyl groups is 1. The minimum Gasteiger partial charge on any atom is -0.507 e. The van der Waals surface area contributed by atoms with Crippen molar-refractivity contribution in [2.24, 2.45) is 0 Å². The summed E-state index contributed by atoms with van der Waals surface area (Å²) in [5.74, 6) is -0.241. The maximum atomic E-state index is 13.3. The SMILES string of the molecule is COc1cccc(C2/C(=C(/O)c3ccc4c(c3)CCCO4)C(=O)C(=O)N2Cc2ccccn2)c1. The van der Waals surface area contributed by atoms with E-state index in [1.165, 1.54) is 4.90 Å². The molecule has 0 saturated carbocycles. The Labute approximate surface area is 197 Å². The molecule has 1 N–H and O–H groups in total. The van der Waals surface area contributed by atoms with Gasteiger partial charge in [-0.05, 0) is 66.4 Å². The van der Waals surface area contributed by atoms with Gasteiger partial charge in [0.1, 0.15) is 17.3 Å². The first-order chi connectivity index (χ1) is 16.6. The maximum Gasteiger partial charge on any atom is 0.296 e. The minimum atomic E-state index is -0.788. The number of ether oxygens (including phenoxy) is 2. The molecule has 3 heterocycles. The zero-order valence-electron chi connectivity index (χ0n) is 18.7. The Balaban J connectivity index is 1.64. The summed E-state index contributed by atoms with van der Waals surface area (Å²) >= 11 is 0. The molecule has 34 heavy (non-hydrogen) atoms. The zero-order valence-corrected chi connectivity index (χ0v) is 18.7. The van der Waals surface area contributed by atoms with Crippen LogP contribution in [-0.4, -0.2) is 40.4 Å². The van der Waals surface area contributed by atoms with Gasteiger partial charge in [0.2, 0.25) is 0 Å². The van der Waals surface area contributed by atoms with E-state index in [2.05, 4.69) is 4.98 Å². The summed E-state index contributed by atoms with van der Waals surface area (Å²) in [5, 5.41) is 11.3. The van der Waals surface area contributed by atoms with Gasteiger partial charge in [-0.2, -0.15) is 0 Å². The third-order valence-corrected chi connectivity index (χ3v) is 6.19. The van der Waals surface area contributed by atoms with Gasteiger partial charge in [0.15, 0.2) is 0 Å². The standard InChI is InChI=1S/C27H24N2O5/c1-33-21-9-4-6-18(15-21)24-23(25(30)19-10-11-22-17(14-19)7-5-13-34-22)26(31)27(32)29(24)16-20-8-2-3-12-28-20/h2-4,6,8-12,14-15,24,30H,5,7,13,16H2,1H3/b25-23-.